The Morgan fingerprint density at radius 2 is 2.05 bits per heavy atom. The van der Waals surface area contributed by atoms with Gasteiger partial charge < -0.3 is 10.1 Å². The average Bonchev–Trinajstić information content (AvgIpc) is 2.41. The standard InChI is InChI=1S/C16H23NO2/c1-11-7-8-13(14(19-4)12(11)2)15(18)16(3)9-5-6-10-17-16/h7-8,17H,5-6,9-10H2,1-4H3. The number of ketones is 1. The molecule has 1 aliphatic rings. The normalized spacial score (nSPS) is 23.2. The summed E-state index contributed by atoms with van der Waals surface area (Å²) in [5, 5.41) is 3.37. The third kappa shape index (κ3) is 2.52. The van der Waals surface area contributed by atoms with Crippen LogP contribution in [0.1, 0.15) is 47.7 Å². The molecular weight excluding hydrogens is 238 g/mol. The molecular formula is C16H23NO2. The summed E-state index contributed by atoms with van der Waals surface area (Å²) in [5.74, 6) is 0.866. The molecule has 0 spiro atoms. The molecule has 1 unspecified atom stereocenters. The van der Waals surface area contributed by atoms with Crippen molar-refractivity contribution in [3.8, 4) is 5.75 Å². The van der Waals surface area contributed by atoms with E-state index in [4.69, 9.17) is 4.74 Å². The number of aryl methyl sites for hydroxylation is 1. The highest BCUT2D eigenvalue weighted by Gasteiger charge is 2.36. The lowest BCUT2D eigenvalue weighted by atomic mass is 9.83. The van der Waals surface area contributed by atoms with E-state index >= 15 is 0 Å². The molecule has 1 atom stereocenters. The number of ether oxygens (including phenoxy) is 1. The van der Waals surface area contributed by atoms with Gasteiger partial charge in [-0.15, -0.1) is 0 Å². The predicted molar refractivity (Wildman–Crippen MR) is 77.1 cm³/mol. The molecule has 1 aromatic carbocycles. The van der Waals surface area contributed by atoms with Crippen LogP contribution in [-0.2, 0) is 0 Å². The van der Waals surface area contributed by atoms with Crippen LogP contribution in [0.4, 0.5) is 0 Å². The molecule has 0 aliphatic carbocycles. The zero-order valence-electron chi connectivity index (χ0n) is 12.3. The zero-order chi connectivity index (χ0) is 14.0. The van der Waals surface area contributed by atoms with E-state index in [-0.39, 0.29) is 5.78 Å². The van der Waals surface area contributed by atoms with Gasteiger partial charge in [0.1, 0.15) is 5.75 Å². The van der Waals surface area contributed by atoms with E-state index < -0.39 is 5.54 Å². The first-order chi connectivity index (χ1) is 8.99. The van der Waals surface area contributed by atoms with Crippen LogP contribution in [0.3, 0.4) is 0 Å². The highest BCUT2D eigenvalue weighted by Crippen LogP contribution is 2.31. The Morgan fingerprint density at radius 3 is 2.63 bits per heavy atom. The second-order valence-electron chi connectivity index (χ2n) is 5.63. The molecule has 1 aromatic rings. The molecule has 3 heteroatoms. The number of methoxy groups -OCH3 is 1. The topological polar surface area (TPSA) is 38.3 Å². The van der Waals surface area contributed by atoms with Crippen LogP contribution in [0, 0.1) is 13.8 Å². The van der Waals surface area contributed by atoms with Gasteiger partial charge >= 0.3 is 0 Å². The minimum atomic E-state index is -0.451. The Balaban J connectivity index is 2.41. The van der Waals surface area contributed by atoms with E-state index in [0.29, 0.717) is 5.56 Å². The van der Waals surface area contributed by atoms with Gasteiger partial charge in [-0.05, 0) is 63.8 Å². The first-order valence-corrected chi connectivity index (χ1v) is 6.93. The van der Waals surface area contributed by atoms with Crippen LogP contribution in [0.25, 0.3) is 0 Å². The first-order valence-electron chi connectivity index (χ1n) is 6.93. The van der Waals surface area contributed by atoms with Crippen LogP contribution in [-0.4, -0.2) is 25.0 Å². The molecule has 1 N–H and O–H groups in total. The van der Waals surface area contributed by atoms with Crippen molar-refractivity contribution in [1.29, 1.82) is 0 Å². The number of hydrogen-bond acceptors (Lipinski definition) is 3. The second-order valence-corrected chi connectivity index (χ2v) is 5.63. The molecule has 0 bridgehead atoms. The highest BCUT2D eigenvalue weighted by molar-refractivity contribution is 6.05. The molecule has 19 heavy (non-hydrogen) atoms. The number of Topliss-reactive ketones (excluding diaryl/α,β-unsaturated/α-hetero) is 1. The molecule has 3 nitrogen and oxygen atoms in total. The lowest BCUT2D eigenvalue weighted by Gasteiger charge is -2.34. The Hall–Kier alpha value is -1.35. The van der Waals surface area contributed by atoms with Gasteiger partial charge in [0.25, 0.3) is 0 Å². The smallest absolute Gasteiger partial charge is 0.186 e. The Labute approximate surface area is 115 Å². The quantitative estimate of drug-likeness (QED) is 0.850. The van der Waals surface area contributed by atoms with E-state index in [1.807, 2.05) is 32.9 Å². The van der Waals surface area contributed by atoms with Crippen molar-refractivity contribution < 1.29 is 9.53 Å². The molecule has 0 aromatic heterocycles. The average molecular weight is 261 g/mol. The van der Waals surface area contributed by atoms with Gasteiger partial charge in [0.15, 0.2) is 5.78 Å². The summed E-state index contributed by atoms with van der Waals surface area (Å²) in [6, 6.07) is 3.89. The van der Waals surface area contributed by atoms with E-state index in [1.165, 1.54) is 0 Å². The zero-order valence-corrected chi connectivity index (χ0v) is 12.3. The van der Waals surface area contributed by atoms with E-state index in [1.54, 1.807) is 7.11 Å². The van der Waals surface area contributed by atoms with E-state index in [9.17, 15) is 4.79 Å². The Morgan fingerprint density at radius 1 is 1.32 bits per heavy atom. The van der Waals surface area contributed by atoms with Gasteiger partial charge in [0.2, 0.25) is 0 Å². The molecule has 1 heterocycles. The fourth-order valence-corrected chi connectivity index (χ4v) is 2.78. The van der Waals surface area contributed by atoms with Crippen molar-refractivity contribution in [1.82, 2.24) is 5.32 Å². The number of carbonyl (C=O) groups excluding carboxylic acids is 1. The fourth-order valence-electron chi connectivity index (χ4n) is 2.78. The minimum Gasteiger partial charge on any atom is -0.496 e. The highest BCUT2D eigenvalue weighted by atomic mass is 16.5. The minimum absolute atomic E-state index is 0.146. The molecule has 0 saturated carbocycles. The molecule has 1 aliphatic heterocycles. The third-order valence-electron chi connectivity index (χ3n) is 4.25. The summed E-state index contributed by atoms with van der Waals surface area (Å²) >= 11 is 0. The van der Waals surface area contributed by atoms with Crippen molar-refractivity contribution in [3.05, 3.63) is 28.8 Å². The van der Waals surface area contributed by atoms with E-state index in [0.717, 1.165) is 42.7 Å². The van der Waals surface area contributed by atoms with Gasteiger partial charge in [0, 0.05) is 0 Å². The van der Waals surface area contributed by atoms with E-state index in [2.05, 4.69) is 5.32 Å². The summed E-state index contributed by atoms with van der Waals surface area (Å²) in [7, 11) is 1.63. The first kappa shape index (κ1) is 14.1. The van der Waals surface area contributed by atoms with Crippen LogP contribution >= 0.6 is 0 Å². The molecule has 0 radical (unpaired) electrons. The number of benzene rings is 1. The van der Waals surface area contributed by atoms with Crippen molar-refractivity contribution in [2.75, 3.05) is 13.7 Å². The maximum Gasteiger partial charge on any atom is 0.186 e. The SMILES string of the molecule is COc1c(C(=O)C2(C)CCCCN2)ccc(C)c1C. The summed E-state index contributed by atoms with van der Waals surface area (Å²) in [4.78, 5) is 12.8. The molecule has 104 valence electrons. The molecule has 2 rings (SSSR count). The van der Waals surface area contributed by atoms with Gasteiger partial charge in [0.05, 0.1) is 18.2 Å². The maximum atomic E-state index is 12.8. The predicted octanol–water partition coefficient (Wildman–Crippen LogP) is 3.03. The van der Waals surface area contributed by atoms with Crippen molar-refractivity contribution >= 4 is 5.78 Å². The van der Waals surface area contributed by atoms with Gasteiger partial charge in [-0.2, -0.15) is 0 Å². The monoisotopic (exact) mass is 261 g/mol. The summed E-state index contributed by atoms with van der Waals surface area (Å²) in [5.41, 5.74) is 2.44. The summed E-state index contributed by atoms with van der Waals surface area (Å²) in [6.45, 7) is 6.95. The van der Waals surface area contributed by atoms with Crippen molar-refractivity contribution in [2.45, 2.75) is 45.6 Å². The van der Waals surface area contributed by atoms with Gasteiger partial charge in [-0.1, -0.05) is 6.07 Å². The lowest BCUT2D eigenvalue weighted by molar-refractivity contribution is 0.0831. The van der Waals surface area contributed by atoms with Crippen LogP contribution < -0.4 is 10.1 Å². The Kier molecular flexibility index (Phi) is 3.95. The number of carbonyl (C=O) groups is 1. The van der Waals surface area contributed by atoms with Crippen molar-refractivity contribution in [3.63, 3.8) is 0 Å². The maximum absolute atomic E-state index is 12.8. The third-order valence-corrected chi connectivity index (χ3v) is 4.25. The van der Waals surface area contributed by atoms with Crippen LogP contribution in [0.15, 0.2) is 12.1 Å². The number of piperidine rings is 1. The number of rotatable bonds is 3. The second kappa shape index (κ2) is 5.33. The van der Waals surface area contributed by atoms with Crippen LogP contribution in [0.5, 0.6) is 5.75 Å². The number of nitrogens with one attached hydrogen (secondary N) is 1. The summed E-state index contributed by atoms with van der Waals surface area (Å²) in [6.07, 6.45) is 3.14. The van der Waals surface area contributed by atoms with Crippen LogP contribution in [0.2, 0.25) is 0 Å². The number of hydrogen-bond donors (Lipinski definition) is 1. The summed E-state index contributed by atoms with van der Waals surface area (Å²) < 4.78 is 5.47. The van der Waals surface area contributed by atoms with Gasteiger partial charge in [-0.25, -0.2) is 0 Å². The molecule has 1 fully saturated rings. The molecule has 0 amide bonds. The Bertz CT molecular complexity index is 488. The van der Waals surface area contributed by atoms with Crippen molar-refractivity contribution in [2.24, 2.45) is 0 Å². The lowest BCUT2D eigenvalue weighted by Crippen LogP contribution is -2.52. The van der Waals surface area contributed by atoms with Gasteiger partial charge in [-0.3, -0.25) is 4.79 Å². The fraction of sp³-hybridized carbons (Fsp3) is 0.562. The largest absolute Gasteiger partial charge is 0.496 e. The molecule has 1 saturated heterocycles.